The van der Waals surface area contributed by atoms with Gasteiger partial charge in [0.05, 0.1) is 0 Å². The quantitative estimate of drug-likeness (QED) is 0.129. The van der Waals surface area contributed by atoms with Crippen molar-refractivity contribution in [3.63, 3.8) is 0 Å². The van der Waals surface area contributed by atoms with Gasteiger partial charge in [-0.1, -0.05) is 168 Å². The van der Waals surface area contributed by atoms with Crippen molar-refractivity contribution in [2.45, 2.75) is 188 Å². The van der Waals surface area contributed by atoms with Gasteiger partial charge in [-0.25, -0.2) is 0 Å². The summed E-state index contributed by atoms with van der Waals surface area (Å²) in [5, 5.41) is 8.61. The van der Waals surface area contributed by atoms with Crippen LogP contribution >= 0.6 is 0 Å². The summed E-state index contributed by atoms with van der Waals surface area (Å²) < 4.78 is 0. The molecule has 0 aliphatic heterocycles. The lowest BCUT2D eigenvalue weighted by atomic mass is 9.89. The number of rotatable bonds is 26. The van der Waals surface area contributed by atoms with Crippen LogP contribution in [0.25, 0.3) is 0 Å². The van der Waals surface area contributed by atoms with Gasteiger partial charge in [0.15, 0.2) is 0 Å². The van der Waals surface area contributed by atoms with Crippen molar-refractivity contribution in [1.29, 1.82) is 0 Å². The van der Waals surface area contributed by atoms with Gasteiger partial charge >= 0.3 is 5.97 Å². The molecule has 0 heterocycles. The van der Waals surface area contributed by atoms with Crippen molar-refractivity contribution in [2.24, 2.45) is 5.41 Å². The average Bonchev–Trinajstić information content (AvgIpc) is 2.75. The molecule has 0 spiro atoms. The third-order valence-corrected chi connectivity index (χ3v) is 7.07. The van der Waals surface area contributed by atoms with E-state index in [1.54, 1.807) is 0 Å². The maximum absolute atomic E-state index is 10.4. The van der Waals surface area contributed by atoms with E-state index in [1.165, 1.54) is 148 Å². The van der Waals surface area contributed by atoms with Crippen LogP contribution in [0.1, 0.15) is 188 Å². The molecule has 0 aliphatic carbocycles. The van der Waals surface area contributed by atoms with Crippen molar-refractivity contribution in [3.8, 4) is 0 Å². The molecule has 33 heavy (non-hydrogen) atoms. The molecule has 0 unspecified atom stereocenters. The van der Waals surface area contributed by atoms with Gasteiger partial charge in [-0.05, 0) is 18.3 Å². The highest BCUT2D eigenvalue weighted by Gasteiger charge is 2.08. The minimum Gasteiger partial charge on any atom is -0.481 e. The Balaban J connectivity index is 3.05. The first-order valence-electron chi connectivity index (χ1n) is 15.1. The number of carboxylic acids is 1. The molecule has 2 nitrogen and oxygen atoms in total. The number of hydrogen-bond acceptors (Lipinski definition) is 1. The van der Waals surface area contributed by atoms with E-state index < -0.39 is 5.97 Å². The zero-order valence-corrected chi connectivity index (χ0v) is 23.2. The minimum atomic E-state index is -0.649. The monoisotopic (exact) mass is 466 g/mol. The molecule has 0 aromatic heterocycles. The van der Waals surface area contributed by atoms with E-state index in [0.717, 1.165) is 12.8 Å². The summed E-state index contributed by atoms with van der Waals surface area (Å²) >= 11 is 0. The number of unbranched alkanes of at least 4 members (excludes halogenated alkanes) is 23. The number of carbonyl (C=O) groups is 1. The van der Waals surface area contributed by atoms with Gasteiger partial charge in [-0.3, -0.25) is 4.79 Å². The topological polar surface area (TPSA) is 37.3 Å². The van der Waals surface area contributed by atoms with Crippen LogP contribution in [0, 0.1) is 5.41 Å². The Morgan fingerprint density at radius 1 is 0.424 bits per heavy atom. The van der Waals surface area contributed by atoms with Crippen molar-refractivity contribution in [1.82, 2.24) is 0 Å². The highest BCUT2D eigenvalue weighted by molar-refractivity contribution is 5.66. The lowest BCUT2D eigenvalue weighted by Gasteiger charge is -2.17. The van der Waals surface area contributed by atoms with Gasteiger partial charge in [0.25, 0.3) is 0 Å². The van der Waals surface area contributed by atoms with Crippen LogP contribution in [0.4, 0.5) is 0 Å². The lowest BCUT2D eigenvalue weighted by Crippen LogP contribution is -2.03. The van der Waals surface area contributed by atoms with Crippen molar-refractivity contribution in [2.75, 3.05) is 0 Å². The third-order valence-electron chi connectivity index (χ3n) is 7.07. The molecule has 0 saturated heterocycles. The van der Waals surface area contributed by atoms with Crippen molar-refractivity contribution in [3.05, 3.63) is 0 Å². The number of aliphatic carboxylic acids is 1. The van der Waals surface area contributed by atoms with E-state index in [0.29, 0.717) is 11.8 Å². The zero-order chi connectivity index (χ0) is 24.5. The molecule has 0 fully saturated rings. The van der Waals surface area contributed by atoms with Gasteiger partial charge < -0.3 is 5.11 Å². The van der Waals surface area contributed by atoms with Gasteiger partial charge in [0.2, 0.25) is 0 Å². The second kappa shape index (κ2) is 24.6. The maximum Gasteiger partial charge on any atom is 0.303 e. The summed E-state index contributed by atoms with van der Waals surface area (Å²) in [5.74, 6) is -0.649. The van der Waals surface area contributed by atoms with E-state index in [2.05, 4.69) is 20.8 Å². The van der Waals surface area contributed by atoms with Gasteiger partial charge in [0.1, 0.15) is 0 Å². The molecule has 0 rings (SSSR count). The van der Waals surface area contributed by atoms with Gasteiger partial charge in [-0.2, -0.15) is 0 Å². The summed E-state index contributed by atoms with van der Waals surface area (Å²) in [7, 11) is 0. The molecular weight excluding hydrogens is 404 g/mol. The van der Waals surface area contributed by atoms with E-state index in [9.17, 15) is 4.79 Å². The highest BCUT2D eigenvalue weighted by Crippen LogP contribution is 2.23. The molecule has 198 valence electrons. The molecule has 0 bridgehead atoms. The molecule has 0 radical (unpaired) electrons. The predicted molar refractivity (Wildman–Crippen MR) is 147 cm³/mol. The molecule has 0 aliphatic rings. The van der Waals surface area contributed by atoms with Crippen molar-refractivity contribution >= 4 is 5.97 Å². The summed E-state index contributed by atoms with van der Waals surface area (Å²) in [6, 6.07) is 0. The molecule has 0 atom stereocenters. The minimum absolute atomic E-state index is 0.346. The Morgan fingerprint density at radius 3 is 0.848 bits per heavy atom. The molecule has 0 amide bonds. The molecule has 2 heteroatoms. The fourth-order valence-electron chi connectivity index (χ4n) is 4.82. The van der Waals surface area contributed by atoms with Crippen LogP contribution in [0.15, 0.2) is 0 Å². The summed E-state index contributed by atoms with van der Waals surface area (Å²) in [5.41, 5.74) is 0.522. The predicted octanol–water partition coefficient (Wildman–Crippen LogP) is 11.3. The van der Waals surface area contributed by atoms with Gasteiger partial charge in [0, 0.05) is 6.42 Å². The molecular formula is C31H62O2. The lowest BCUT2D eigenvalue weighted by molar-refractivity contribution is -0.137. The Bertz CT molecular complexity index is 396. The zero-order valence-electron chi connectivity index (χ0n) is 23.2. The van der Waals surface area contributed by atoms with E-state index in [-0.39, 0.29) is 0 Å². The first-order valence-corrected chi connectivity index (χ1v) is 15.1. The van der Waals surface area contributed by atoms with E-state index in [1.807, 2.05) is 0 Å². The smallest absolute Gasteiger partial charge is 0.303 e. The third kappa shape index (κ3) is 31.5. The summed E-state index contributed by atoms with van der Waals surface area (Å²) in [6.07, 6.45) is 34.9. The second-order valence-corrected chi connectivity index (χ2v) is 11.9. The fraction of sp³-hybridized carbons (Fsp3) is 0.968. The Labute approximate surface area is 209 Å². The Morgan fingerprint density at radius 2 is 0.636 bits per heavy atom. The van der Waals surface area contributed by atoms with Crippen molar-refractivity contribution < 1.29 is 9.90 Å². The van der Waals surface area contributed by atoms with Crippen LogP contribution in [0.3, 0.4) is 0 Å². The van der Waals surface area contributed by atoms with Gasteiger partial charge in [-0.15, -0.1) is 0 Å². The average molecular weight is 467 g/mol. The first kappa shape index (κ1) is 32.5. The fourth-order valence-corrected chi connectivity index (χ4v) is 4.82. The summed E-state index contributed by atoms with van der Waals surface area (Å²) in [4.78, 5) is 10.4. The first-order chi connectivity index (χ1) is 15.9. The largest absolute Gasteiger partial charge is 0.481 e. The van der Waals surface area contributed by atoms with Crippen LogP contribution in [-0.2, 0) is 4.79 Å². The maximum atomic E-state index is 10.4. The number of hydrogen-bond donors (Lipinski definition) is 1. The Kier molecular flexibility index (Phi) is 24.2. The van der Waals surface area contributed by atoms with E-state index >= 15 is 0 Å². The summed E-state index contributed by atoms with van der Waals surface area (Å²) in [6.45, 7) is 7.07. The molecule has 0 aromatic rings. The number of carboxylic acid groups (broad SMARTS) is 1. The normalized spacial score (nSPS) is 11.8. The SMILES string of the molecule is CC(C)(C)CCCCCCCCCCCCCCCCCCCCCCCCCCC(=O)O. The molecule has 0 saturated carbocycles. The second-order valence-electron chi connectivity index (χ2n) is 11.9. The molecule has 0 aromatic carbocycles. The highest BCUT2D eigenvalue weighted by atomic mass is 16.4. The van der Waals surface area contributed by atoms with Crippen LogP contribution in [0.5, 0.6) is 0 Å². The van der Waals surface area contributed by atoms with Crippen LogP contribution in [0.2, 0.25) is 0 Å². The van der Waals surface area contributed by atoms with E-state index in [4.69, 9.17) is 5.11 Å². The molecule has 1 N–H and O–H groups in total. The van der Waals surface area contributed by atoms with Crippen LogP contribution in [-0.4, -0.2) is 11.1 Å². The standard InChI is InChI=1S/C31H62O2/c1-31(2,3)29-27-25-23-21-19-17-15-13-11-9-7-5-4-6-8-10-12-14-16-18-20-22-24-26-28-30(32)33/h4-29H2,1-3H3,(H,32,33). The van der Waals surface area contributed by atoms with Crippen LogP contribution < -0.4 is 0 Å². The Hall–Kier alpha value is -0.530.